The number of benzene rings is 1. The summed E-state index contributed by atoms with van der Waals surface area (Å²) in [6.07, 6.45) is 3.65. The molecule has 1 saturated heterocycles. The first kappa shape index (κ1) is 12.2. The lowest BCUT2D eigenvalue weighted by molar-refractivity contribution is -0.133. The van der Waals surface area contributed by atoms with Crippen molar-refractivity contribution in [2.45, 2.75) is 25.4 Å². The molecule has 2 aromatic rings. The number of nitrogens with zero attached hydrogens (tertiary/aromatic N) is 1. The number of aliphatic hydroxyl groups excluding tert-OH is 1. The zero-order chi connectivity index (χ0) is 13.2. The minimum Gasteiger partial charge on any atom is -0.391 e. The molecule has 4 heteroatoms. The van der Waals surface area contributed by atoms with Crippen molar-refractivity contribution in [3.63, 3.8) is 0 Å². The molecule has 0 bridgehead atoms. The standard InChI is InChI=1S/C15H18N2O2/c18-13-2-1-7-17(10-13)15(19)9-11-3-4-14-12(8-11)5-6-16-14/h3-6,8,13,16,18H,1-2,7,9-10H2. The summed E-state index contributed by atoms with van der Waals surface area (Å²) in [5.74, 6) is 0.105. The number of aromatic nitrogens is 1. The van der Waals surface area contributed by atoms with Crippen LogP contribution in [0.25, 0.3) is 10.9 Å². The molecular weight excluding hydrogens is 240 g/mol. The van der Waals surface area contributed by atoms with Crippen LogP contribution in [0.2, 0.25) is 0 Å². The predicted octanol–water partition coefficient (Wildman–Crippen LogP) is 1.69. The minimum atomic E-state index is -0.357. The lowest BCUT2D eigenvalue weighted by Gasteiger charge is -2.30. The summed E-state index contributed by atoms with van der Waals surface area (Å²) in [5.41, 5.74) is 2.11. The number of aromatic amines is 1. The second kappa shape index (κ2) is 5.05. The van der Waals surface area contributed by atoms with Gasteiger partial charge in [0.05, 0.1) is 12.5 Å². The molecule has 3 rings (SSSR count). The van der Waals surface area contributed by atoms with Crippen molar-refractivity contribution in [3.05, 3.63) is 36.0 Å². The molecule has 1 aromatic carbocycles. The van der Waals surface area contributed by atoms with Crippen molar-refractivity contribution < 1.29 is 9.90 Å². The highest BCUT2D eigenvalue weighted by molar-refractivity contribution is 5.83. The van der Waals surface area contributed by atoms with Crippen LogP contribution in [0.3, 0.4) is 0 Å². The molecule has 19 heavy (non-hydrogen) atoms. The van der Waals surface area contributed by atoms with Gasteiger partial charge in [0.1, 0.15) is 0 Å². The van der Waals surface area contributed by atoms with E-state index in [2.05, 4.69) is 4.98 Å². The highest BCUT2D eigenvalue weighted by Crippen LogP contribution is 2.16. The largest absolute Gasteiger partial charge is 0.391 e. The first-order chi connectivity index (χ1) is 9.22. The number of piperidine rings is 1. The molecular formula is C15H18N2O2. The number of likely N-dealkylation sites (tertiary alicyclic amines) is 1. The van der Waals surface area contributed by atoms with Crippen LogP contribution in [0.15, 0.2) is 30.5 Å². The third kappa shape index (κ3) is 2.63. The van der Waals surface area contributed by atoms with Crippen LogP contribution in [0, 0.1) is 0 Å². The second-order valence-electron chi connectivity index (χ2n) is 5.21. The summed E-state index contributed by atoms with van der Waals surface area (Å²) >= 11 is 0. The van der Waals surface area contributed by atoms with Gasteiger partial charge in [0.25, 0.3) is 0 Å². The molecule has 1 amide bonds. The van der Waals surface area contributed by atoms with Crippen molar-refractivity contribution in [2.24, 2.45) is 0 Å². The van der Waals surface area contributed by atoms with Gasteiger partial charge in [-0.05, 0) is 42.0 Å². The van der Waals surface area contributed by atoms with Gasteiger partial charge in [-0.1, -0.05) is 6.07 Å². The zero-order valence-corrected chi connectivity index (χ0v) is 10.8. The average Bonchev–Trinajstić information content (AvgIpc) is 2.86. The number of aliphatic hydroxyl groups is 1. The van der Waals surface area contributed by atoms with Crippen LogP contribution in [-0.4, -0.2) is 40.1 Å². The van der Waals surface area contributed by atoms with Crippen molar-refractivity contribution in [1.82, 2.24) is 9.88 Å². The smallest absolute Gasteiger partial charge is 0.227 e. The molecule has 0 aliphatic carbocycles. The number of hydrogen-bond acceptors (Lipinski definition) is 2. The maximum atomic E-state index is 12.2. The highest BCUT2D eigenvalue weighted by atomic mass is 16.3. The highest BCUT2D eigenvalue weighted by Gasteiger charge is 2.21. The summed E-state index contributed by atoms with van der Waals surface area (Å²) in [6.45, 7) is 1.24. The predicted molar refractivity (Wildman–Crippen MR) is 73.8 cm³/mol. The quantitative estimate of drug-likeness (QED) is 0.861. The molecule has 100 valence electrons. The molecule has 4 nitrogen and oxygen atoms in total. The Morgan fingerprint density at radius 3 is 3.16 bits per heavy atom. The Hall–Kier alpha value is -1.81. The molecule has 0 radical (unpaired) electrons. The van der Waals surface area contributed by atoms with Gasteiger partial charge in [-0.2, -0.15) is 0 Å². The summed E-state index contributed by atoms with van der Waals surface area (Å²) in [5, 5.41) is 10.7. The van der Waals surface area contributed by atoms with Crippen LogP contribution < -0.4 is 0 Å². The molecule has 1 unspecified atom stereocenters. The van der Waals surface area contributed by atoms with Crippen LogP contribution in [-0.2, 0) is 11.2 Å². The Balaban J connectivity index is 1.71. The van der Waals surface area contributed by atoms with E-state index in [9.17, 15) is 9.90 Å². The Bertz CT molecular complexity index is 591. The Kier molecular flexibility index (Phi) is 3.25. The lowest BCUT2D eigenvalue weighted by Crippen LogP contribution is -2.42. The fraction of sp³-hybridized carbons (Fsp3) is 0.400. The number of H-pyrrole nitrogens is 1. The van der Waals surface area contributed by atoms with E-state index in [1.54, 1.807) is 4.90 Å². The molecule has 2 heterocycles. The molecule has 1 aliphatic heterocycles. The van der Waals surface area contributed by atoms with E-state index >= 15 is 0 Å². The van der Waals surface area contributed by atoms with Gasteiger partial charge < -0.3 is 15.0 Å². The first-order valence-corrected chi connectivity index (χ1v) is 6.74. The number of hydrogen-bond donors (Lipinski definition) is 2. The maximum absolute atomic E-state index is 12.2. The molecule has 1 aromatic heterocycles. The van der Waals surface area contributed by atoms with E-state index < -0.39 is 0 Å². The Labute approximate surface area is 112 Å². The third-order valence-electron chi connectivity index (χ3n) is 3.72. The summed E-state index contributed by atoms with van der Waals surface area (Å²) < 4.78 is 0. The second-order valence-corrected chi connectivity index (χ2v) is 5.21. The van der Waals surface area contributed by atoms with Gasteiger partial charge in [-0.3, -0.25) is 4.79 Å². The van der Waals surface area contributed by atoms with E-state index in [4.69, 9.17) is 0 Å². The Morgan fingerprint density at radius 2 is 2.32 bits per heavy atom. The van der Waals surface area contributed by atoms with E-state index in [0.717, 1.165) is 35.9 Å². The summed E-state index contributed by atoms with van der Waals surface area (Å²) in [7, 11) is 0. The van der Waals surface area contributed by atoms with E-state index in [1.807, 2.05) is 30.5 Å². The van der Waals surface area contributed by atoms with Crippen LogP contribution in [0.4, 0.5) is 0 Å². The normalized spacial score (nSPS) is 19.8. The first-order valence-electron chi connectivity index (χ1n) is 6.74. The number of carbonyl (C=O) groups excluding carboxylic acids is 1. The van der Waals surface area contributed by atoms with Gasteiger partial charge in [-0.25, -0.2) is 0 Å². The maximum Gasteiger partial charge on any atom is 0.227 e. The summed E-state index contributed by atoms with van der Waals surface area (Å²) in [4.78, 5) is 17.1. The number of β-amino-alcohol motifs (C(OH)–C–C–N with tert-alkyl or cyclic N) is 1. The number of nitrogens with one attached hydrogen (secondary N) is 1. The van der Waals surface area contributed by atoms with Gasteiger partial charge in [-0.15, -0.1) is 0 Å². The van der Waals surface area contributed by atoms with Gasteiger partial charge in [0.2, 0.25) is 5.91 Å². The average molecular weight is 258 g/mol. The third-order valence-corrected chi connectivity index (χ3v) is 3.72. The molecule has 2 N–H and O–H groups in total. The topological polar surface area (TPSA) is 56.3 Å². The van der Waals surface area contributed by atoms with Gasteiger partial charge in [0, 0.05) is 24.8 Å². The number of amides is 1. The van der Waals surface area contributed by atoms with Crippen molar-refractivity contribution in [2.75, 3.05) is 13.1 Å². The molecule has 0 saturated carbocycles. The minimum absolute atomic E-state index is 0.105. The van der Waals surface area contributed by atoms with E-state index in [0.29, 0.717) is 13.0 Å². The van der Waals surface area contributed by atoms with Crippen LogP contribution in [0.1, 0.15) is 18.4 Å². The van der Waals surface area contributed by atoms with E-state index in [-0.39, 0.29) is 12.0 Å². The van der Waals surface area contributed by atoms with E-state index in [1.165, 1.54) is 0 Å². The van der Waals surface area contributed by atoms with Crippen LogP contribution >= 0.6 is 0 Å². The Morgan fingerprint density at radius 1 is 1.42 bits per heavy atom. The number of carbonyl (C=O) groups is 1. The van der Waals surface area contributed by atoms with Gasteiger partial charge >= 0.3 is 0 Å². The van der Waals surface area contributed by atoms with Crippen molar-refractivity contribution >= 4 is 16.8 Å². The van der Waals surface area contributed by atoms with Crippen molar-refractivity contribution in [3.8, 4) is 0 Å². The molecule has 1 atom stereocenters. The monoisotopic (exact) mass is 258 g/mol. The zero-order valence-electron chi connectivity index (χ0n) is 10.8. The molecule has 1 fully saturated rings. The number of rotatable bonds is 2. The van der Waals surface area contributed by atoms with Crippen molar-refractivity contribution in [1.29, 1.82) is 0 Å². The SMILES string of the molecule is O=C(Cc1ccc2[nH]ccc2c1)N1CCCC(O)C1. The fourth-order valence-electron chi connectivity index (χ4n) is 2.68. The van der Waals surface area contributed by atoms with Gasteiger partial charge in [0.15, 0.2) is 0 Å². The molecule has 0 spiro atoms. The molecule has 1 aliphatic rings. The summed E-state index contributed by atoms with van der Waals surface area (Å²) in [6, 6.07) is 8.04. The fourth-order valence-corrected chi connectivity index (χ4v) is 2.68. The van der Waals surface area contributed by atoms with Crippen LogP contribution in [0.5, 0.6) is 0 Å². The lowest BCUT2D eigenvalue weighted by atomic mass is 10.1. The number of fused-ring (bicyclic) bond motifs is 1.